The Kier molecular flexibility index (Phi) is 5.50. The van der Waals surface area contributed by atoms with E-state index in [1.54, 1.807) is 30.3 Å². The molecule has 0 bridgehead atoms. The fraction of sp³-hybridized carbons (Fsp3) is 0.167. The van der Waals surface area contributed by atoms with Crippen molar-refractivity contribution in [3.05, 3.63) is 60.2 Å². The summed E-state index contributed by atoms with van der Waals surface area (Å²) < 4.78 is 24.8. The first-order valence-electron chi connectivity index (χ1n) is 8.01. The van der Waals surface area contributed by atoms with Gasteiger partial charge in [-0.25, -0.2) is 18.9 Å². The Hall–Kier alpha value is -3.62. The van der Waals surface area contributed by atoms with Crippen LogP contribution in [0.4, 0.5) is 20.8 Å². The molecule has 1 heterocycles. The fourth-order valence-corrected chi connectivity index (χ4v) is 2.37. The third-order valence-corrected chi connectivity index (χ3v) is 3.67. The maximum Gasteiger partial charge on any atom is 0.326 e. The normalized spacial score (nSPS) is 10.3. The van der Waals surface area contributed by atoms with Crippen LogP contribution in [0.15, 0.2) is 48.8 Å². The maximum absolute atomic E-state index is 12.9. The summed E-state index contributed by atoms with van der Waals surface area (Å²) in [5, 5.41) is 9.38. The van der Waals surface area contributed by atoms with Crippen LogP contribution < -0.4 is 20.1 Å². The molecule has 27 heavy (non-hydrogen) atoms. The number of halogens is 1. The Balaban J connectivity index is 1.63. The molecule has 0 saturated carbocycles. The Morgan fingerprint density at radius 2 is 1.89 bits per heavy atom. The molecule has 0 spiro atoms. The zero-order chi connectivity index (χ0) is 19.2. The van der Waals surface area contributed by atoms with Gasteiger partial charge in [0.25, 0.3) is 0 Å². The Labute approximate surface area is 154 Å². The van der Waals surface area contributed by atoms with Crippen molar-refractivity contribution in [2.45, 2.75) is 6.54 Å². The molecular formula is C18H18FN5O3. The van der Waals surface area contributed by atoms with E-state index < -0.39 is 6.03 Å². The van der Waals surface area contributed by atoms with Crippen molar-refractivity contribution in [1.82, 2.24) is 14.8 Å². The number of carbonyl (C=O) groups is 1. The van der Waals surface area contributed by atoms with Gasteiger partial charge >= 0.3 is 6.03 Å². The molecule has 0 aliphatic rings. The summed E-state index contributed by atoms with van der Waals surface area (Å²) in [6.07, 6.45) is 1.48. The molecule has 0 aliphatic carbocycles. The predicted octanol–water partition coefficient (Wildman–Crippen LogP) is 3.13. The van der Waals surface area contributed by atoms with Crippen molar-refractivity contribution in [3.8, 4) is 11.5 Å². The predicted molar refractivity (Wildman–Crippen MR) is 97.7 cm³/mol. The van der Waals surface area contributed by atoms with Crippen LogP contribution in [0.2, 0.25) is 0 Å². The summed E-state index contributed by atoms with van der Waals surface area (Å²) in [5.74, 6) is 0.898. The number of aromatic nitrogens is 3. The molecule has 0 unspecified atom stereocenters. The van der Waals surface area contributed by atoms with Gasteiger partial charge in [0, 0.05) is 6.07 Å². The molecule has 2 amide bonds. The summed E-state index contributed by atoms with van der Waals surface area (Å²) in [4.78, 5) is 16.2. The van der Waals surface area contributed by atoms with Crippen LogP contribution in [0.5, 0.6) is 11.5 Å². The van der Waals surface area contributed by atoms with Crippen molar-refractivity contribution in [2.24, 2.45) is 0 Å². The number of methoxy groups -OCH3 is 2. The van der Waals surface area contributed by atoms with Crippen molar-refractivity contribution in [3.63, 3.8) is 0 Å². The van der Waals surface area contributed by atoms with E-state index in [9.17, 15) is 9.18 Å². The second-order valence-electron chi connectivity index (χ2n) is 5.54. The van der Waals surface area contributed by atoms with E-state index in [1.165, 1.54) is 37.4 Å². The van der Waals surface area contributed by atoms with Gasteiger partial charge in [0.1, 0.15) is 23.6 Å². The van der Waals surface area contributed by atoms with E-state index in [0.29, 0.717) is 23.7 Å². The molecule has 140 valence electrons. The second-order valence-corrected chi connectivity index (χ2v) is 5.54. The number of ether oxygens (including phenoxy) is 2. The minimum atomic E-state index is -0.527. The SMILES string of the molecule is COc1ccc(OC)c(NC(=O)Nc2ncn(Cc3ccc(F)cc3)n2)c1. The molecule has 0 aliphatic heterocycles. The van der Waals surface area contributed by atoms with Crippen molar-refractivity contribution >= 4 is 17.7 Å². The molecular weight excluding hydrogens is 353 g/mol. The lowest BCUT2D eigenvalue weighted by molar-refractivity contribution is 0.262. The maximum atomic E-state index is 12.9. The van der Waals surface area contributed by atoms with E-state index in [0.717, 1.165) is 5.56 Å². The van der Waals surface area contributed by atoms with Gasteiger partial charge in [-0.15, -0.1) is 5.10 Å². The zero-order valence-electron chi connectivity index (χ0n) is 14.8. The molecule has 0 fully saturated rings. The van der Waals surface area contributed by atoms with Crippen molar-refractivity contribution in [2.75, 3.05) is 24.9 Å². The molecule has 0 atom stereocenters. The van der Waals surface area contributed by atoms with Gasteiger partial charge in [0.15, 0.2) is 0 Å². The van der Waals surface area contributed by atoms with Gasteiger partial charge in [-0.05, 0) is 29.8 Å². The van der Waals surface area contributed by atoms with Crippen LogP contribution in [-0.4, -0.2) is 35.0 Å². The summed E-state index contributed by atoms with van der Waals surface area (Å²) in [6.45, 7) is 0.403. The highest BCUT2D eigenvalue weighted by atomic mass is 19.1. The van der Waals surface area contributed by atoms with Crippen LogP contribution in [0.1, 0.15) is 5.56 Å². The Bertz CT molecular complexity index is 927. The quantitative estimate of drug-likeness (QED) is 0.695. The largest absolute Gasteiger partial charge is 0.497 e. The smallest absolute Gasteiger partial charge is 0.326 e. The van der Waals surface area contributed by atoms with E-state index >= 15 is 0 Å². The average Bonchev–Trinajstić information content (AvgIpc) is 3.10. The summed E-state index contributed by atoms with van der Waals surface area (Å²) in [7, 11) is 3.03. The van der Waals surface area contributed by atoms with Crippen LogP contribution in [-0.2, 0) is 6.54 Å². The summed E-state index contributed by atoms with van der Waals surface area (Å²) in [5.41, 5.74) is 1.30. The lowest BCUT2D eigenvalue weighted by atomic mass is 10.2. The first kappa shape index (κ1) is 18.2. The standard InChI is InChI=1S/C18H18FN5O3/c1-26-14-7-8-16(27-2)15(9-14)21-18(25)22-17-20-11-24(23-17)10-12-3-5-13(19)6-4-12/h3-9,11H,10H2,1-2H3,(H2,21,22,23,25). The topological polar surface area (TPSA) is 90.3 Å². The van der Waals surface area contributed by atoms with E-state index in [2.05, 4.69) is 20.7 Å². The molecule has 3 aromatic rings. The van der Waals surface area contributed by atoms with E-state index in [1.807, 2.05) is 0 Å². The van der Waals surface area contributed by atoms with Gasteiger partial charge in [-0.3, -0.25) is 5.32 Å². The highest BCUT2D eigenvalue weighted by molar-refractivity contribution is 5.99. The monoisotopic (exact) mass is 371 g/mol. The van der Waals surface area contributed by atoms with Gasteiger partial charge in [-0.2, -0.15) is 0 Å². The first-order valence-corrected chi connectivity index (χ1v) is 8.01. The number of carbonyl (C=O) groups excluding carboxylic acids is 1. The molecule has 9 heteroatoms. The van der Waals surface area contributed by atoms with E-state index in [-0.39, 0.29) is 11.8 Å². The average molecular weight is 371 g/mol. The zero-order valence-corrected chi connectivity index (χ0v) is 14.8. The molecule has 0 saturated heterocycles. The van der Waals surface area contributed by atoms with Crippen LogP contribution >= 0.6 is 0 Å². The fourth-order valence-electron chi connectivity index (χ4n) is 2.37. The lowest BCUT2D eigenvalue weighted by Crippen LogP contribution is -2.20. The van der Waals surface area contributed by atoms with Gasteiger partial charge in [-0.1, -0.05) is 12.1 Å². The molecule has 3 rings (SSSR count). The molecule has 2 N–H and O–H groups in total. The van der Waals surface area contributed by atoms with Crippen molar-refractivity contribution < 1.29 is 18.7 Å². The molecule has 1 aromatic heterocycles. The number of rotatable bonds is 6. The summed E-state index contributed by atoms with van der Waals surface area (Å²) in [6, 6.07) is 10.6. The number of urea groups is 1. The first-order chi connectivity index (χ1) is 13.1. The Morgan fingerprint density at radius 1 is 1.11 bits per heavy atom. The van der Waals surface area contributed by atoms with Gasteiger partial charge < -0.3 is 14.8 Å². The minimum absolute atomic E-state index is 0.136. The minimum Gasteiger partial charge on any atom is -0.497 e. The lowest BCUT2D eigenvalue weighted by Gasteiger charge is -2.11. The highest BCUT2D eigenvalue weighted by Gasteiger charge is 2.11. The van der Waals surface area contributed by atoms with Gasteiger partial charge in [0.05, 0.1) is 26.5 Å². The number of anilines is 2. The van der Waals surface area contributed by atoms with E-state index in [4.69, 9.17) is 9.47 Å². The third-order valence-electron chi connectivity index (χ3n) is 3.67. The number of amides is 2. The third kappa shape index (κ3) is 4.72. The Morgan fingerprint density at radius 3 is 2.59 bits per heavy atom. The highest BCUT2D eigenvalue weighted by Crippen LogP contribution is 2.28. The number of nitrogens with one attached hydrogen (secondary N) is 2. The molecule has 2 aromatic carbocycles. The van der Waals surface area contributed by atoms with Crippen LogP contribution in [0, 0.1) is 5.82 Å². The molecule has 8 nitrogen and oxygen atoms in total. The number of benzene rings is 2. The number of nitrogens with zero attached hydrogens (tertiary/aromatic N) is 3. The number of hydrogen-bond acceptors (Lipinski definition) is 5. The van der Waals surface area contributed by atoms with Gasteiger partial charge in [0.2, 0.25) is 5.95 Å². The van der Waals surface area contributed by atoms with Crippen LogP contribution in [0.3, 0.4) is 0 Å². The molecule has 0 radical (unpaired) electrons. The number of hydrogen-bond donors (Lipinski definition) is 2. The van der Waals surface area contributed by atoms with Crippen molar-refractivity contribution in [1.29, 1.82) is 0 Å². The summed E-state index contributed by atoms with van der Waals surface area (Å²) >= 11 is 0. The van der Waals surface area contributed by atoms with Crippen LogP contribution in [0.25, 0.3) is 0 Å². The second kappa shape index (κ2) is 8.17.